The van der Waals surface area contributed by atoms with Gasteiger partial charge in [-0.2, -0.15) is 5.10 Å². The van der Waals surface area contributed by atoms with Gasteiger partial charge in [-0.1, -0.05) is 77.5 Å². The number of rotatable bonds is 6. The van der Waals surface area contributed by atoms with E-state index in [0.717, 1.165) is 23.0 Å². The van der Waals surface area contributed by atoms with Gasteiger partial charge in [0.1, 0.15) is 0 Å². The topological polar surface area (TPSA) is 53.0 Å². The number of likely N-dealkylation sites (tertiary alicyclic amines) is 1. The molecule has 1 aromatic carbocycles. The highest BCUT2D eigenvalue weighted by Crippen LogP contribution is 2.18. The Bertz CT molecular complexity index is 861. The monoisotopic (exact) mass is 535 g/mol. The van der Waals surface area contributed by atoms with E-state index >= 15 is 0 Å². The smallest absolute Gasteiger partial charge is 0.243 e. The molecular weight excluding hydrogens is 502 g/mol. The molecule has 33 heavy (non-hydrogen) atoms. The molecule has 2 amide bonds. The summed E-state index contributed by atoms with van der Waals surface area (Å²) in [5.74, 6) is 0.146. The number of hydrogen-bond donors (Lipinski definition) is 0. The van der Waals surface area contributed by atoms with Gasteiger partial charge in [-0.15, -0.1) is 0 Å². The fourth-order valence-electron chi connectivity index (χ4n) is 3.23. The van der Waals surface area contributed by atoms with Gasteiger partial charge in [0.2, 0.25) is 11.8 Å². The molecule has 0 bridgehead atoms. The molecule has 1 fully saturated rings. The summed E-state index contributed by atoms with van der Waals surface area (Å²) in [6.45, 7) is 14.5. The molecule has 1 unspecified atom stereocenters. The number of carbonyl (C=O) groups is 2. The van der Waals surface area contributed by atoms with Crippen molar-refractivity contribution in [2.24, 2.45) is 5.10 Å². The number of allylic oxidation sites excluding steroid dienone is 4. The Morgan fingerprint density at radius 3 is 2.39 bits per heavy atom. The molecule has 0 N–H and O–H groups in total. The standard InChI is InChI=1S/C16H18ClN3O2.C6H12.C4H5Br/c17-13-6-3-12(4-7-13)5-8-16(22)20-11-14(10-18-20)19-9-1-2-15(19)21;1-4-5-6(2)3;1-3-4(2)5/h3-4,6-7,10,14H,1-2,5,8-9,11H2;5H,4H2,1-3H3;3H,1-2H2. The summed E-state index contributed by atoms with van der Waals surface area (Å²) >= 11 is 8.90. The maximum atomic E-state index is 12.2. The van der Waals surface area contributed by atoms with Crippen molar-refractivity contribution in [3.63, 3.8) is 0 Å². The molecule has 1 saturated heterocycles. The molecule has 2 aliphatic rings. The van der Waals surface area contributed by atoms with Gasteiger partial charge in [0.15, 0.2) is 0 Å². The quantitative estimate of drug-likeness (QED) is 0.306. The van der Waals surface area contributed by atoms with Gasteiger partial charge in [0.25, 0.3) is 0 Å². The van der Waals surface area contributed by atoms with Gasteiger partial charge in [-0.05, 0) is 50.8 Å². The van der Waals surface area contributed by atoms with Crippen molar-refractivity contribution < 1.29 is 9.59 Å². The molecule has 3 rings (SSSR count). The van der Waals surface area contributed by atoms with E-state index in [2.05, 4.69) is 61.0 Å². The summed E-state index contributed by atoms with van der Waals surface area (Å²) in [4.78, 5) is 25.8. The molecule has 0 spiro atoms. The Balaban J connectivity index is 0.000000414. The largest absolute Gasteiger partial charge is 0.333 e. The second-order valence-corrected chi connectivity index (χ2v) is 9.42. The first-order chi connectivity index (χ1) is 15.7. The summed E-state index contributed by atoms with van der Waals surface area (Å²) in [6.07, 6.45) is 9.29. The fourth-order valence-corrected chi connectivity index (χ4v) is 3.36. The normalized spacial score (nSPS) is 16.4. The van der Waals surface area contributed by atoms with Gasteiger partial charge in [-0.25, -0.2) is 5.01 Å². The average Bonchev–Trinajstić information content (AvgIpc) is 3.43. The lowest BCUT2D eigenvalue weighted by atomic mass is 10.1. The number of halogens is 2. The Hall–Kier alpha value is -2.18. The molecule has 2 heterocycles. The van der Waals surface area contributed by atoms with Crippen molar-refractivity contribution in [3.8, 4) is 0 Å². The van der Waals surface area contributed by atoms with Crippen molar-refractivity contribution >= 4 is 45.6 Å². The molecule has 1 aromatic rings. The predicted molar refractivity (Wildman–Crippen MR) is 143 cm³/mol. The molecule has 0 aromatic heterocycles. The lowest BCUT2D eigenvalue weighted by molar-refractivity contribution is -0.133. The van der Waals surface area contributed by atoms with Crippen LogP contribution in [0.5, 0.6) is 0 Å². The second kappa shape index (κ2) is 15.6. The summed E-state index contributed by atoms with van der Waals surface area (Å²) in [5, 5.41) is 6.34. The van der Waals surface area contributed by atoms with Crippen molar-refractivity contribution in [1.82, 2.24) is 9.91 Å². The van der Waals surface area contributed by atoms with Crippen LogP contribution >= 0.6 is 27.5 Å². The zero-order valence-electron chi connectivity index (χ0n) is 19.9. The third kappa shape index (κ3) is 11.5. The van der Waals surface area contributed by atoms with Crippen LogP contribution in [-0.4, -0.2) is 47.1 Å². The first kappa shape index (κ1) is 28.9. The summed E-state index contributed by atoms with van der Waals surface area (Å²) in [5.41, 5.74) is 2.49. The van der Waals surface area contributed by atoms with E-state index in [9.17, 15) is 9.59 Å². The van der Waals surface area contributed by atoms with Crippen molar-refractivity contribution in [2.45, 2.75) is 58.9 Å². The van der Waals surface area contributed by atoms with Gasteiger partial charge in [0.05, 0.1) is 12.6 Å². The van der Waals surface area contributed by atoms with Crippen LogP contribution < -0.4 is 0 Å². The Kier molecular flexibility index (Phi) is 13.7. The minimum Gasteiger partial charge on any atom is -0.333 e. The van der Waals surface area contributed by atoms with E-state index in [0.29, 0.717) is 30.8 Å². The van der Waals surface area contributed by atoms with Gasteiger partial charge < -0.3 is 4.90 Å². The van der Waals surface area contributed by atoms with E-state index in [1.165, 1.54) is 17.0 Å². The molecule has 7 heteroatoms. The third-order valence-corrected chi connectivity index (χ3v) is 5.49. The number of hydrazone groups is 1. The minimum atomic E-state index is -0.0607. The van der Waals surface area contributed by atoms with Crippen molar-refractivity contribution in [1.29, 1.82) is 0 Å². The maximum Gasteiger partial charge on any atom is 0.243 e. The lowest BCUT2D eigenvalue weighted by Crippen LogP contribution is -2.41. The summed E-state index contributed by atoms with van der Waals surface area (Å²) in [6, 6.07) is 7.44. The van der Waals surface area contributed by atoms with E-state index in [1.807, 2.05) is 29.2 Å². The number of carbonyl (C=O) groups excluding carboxylic acids is 2. The SMILES string of the molecule is C=CC(=C)Br.CCC=C(C)C.O=C(CCc1ccc(Cl)cc1)N1CC(N2CCCC2=O)C=N1. The molecule has 0 saturated carbocycles. The van der Waals surface area contributed by atoms with Crippen LogP contribution in [0.15, 0.2) is 64.7 Å². The predicted octanol–water partition coefficient (Wildman–Crippen LogP) is 6.54. The molecule has 5 nitrogen and oxygen atoms in total. The highest BCUT2D eigenvalue weighted by Gasteiger charge is 2.32. The van der Waals surface area contributed by atoms with Crippen LogP contribution in [-0.2, 0) is 16.0 Å². The van der Waals surface area contributed by atoms with E-state index in [1.54, 1.807) is 12.3 Å². The number of amides is 2. The van der Waals surface area contributed by atoms with Crippen LogP contribution in [0.3, 0.4) is 0 Å². The molecule has 1 atom stereocenters. The Labute approximate surface area is 212 Å². The van der Waals surface area contributed by atoms with Crippen LogP contribution in [0.2, 0.25) is 5.02 Å². The summed E-state index contributed by atoms with van der Waals surface area (Å²) in [7, 11) is 0. The van der Waals surface area contributed by atoms with E-state index < -0.39 is 0 Å². The molecule has 0 radical (unpaired) electrons. The zero-order chi connectivity index (χ0) is 24.8. The third-order valence-electron chi connectivity index (χ3n) is 4.91. The molecule has 2 aliphatic heterocycles. The average molecular weight is 537 g/mol. The number of nitrogens with zero attached hydrogens (tertiary/aromatic N) is 3. The number of hydrogen-bond acceptors (Lipinski definition) is 3. The minimum absolute atomic E-state index is 0.0136. The van der Waals surface area contributed by atoms with E-state index in [4.69, 9.17) is 11.6 Å². The second-order valence-electron chi connectivity index (χ2n) is 7.97. The lowest BCUT2D eigenvalue weighted by Gasteiger charge is -2.22. The van der Waals surface area contributed by atoms with Gasteiger partial charge in [0, 0.05) is 35.1 Å². The van der Waals surface area contributed by atoms with Crippen molar-refractivity contribution in [2.75, 3.05) is 13.1 Å². The van der Waals surface area contributed by atoms with Gasteiger partial charge in [-0.3, -0.25) is 9.59 Å². The number of aryl methyl sites for hydroxylation is 1. The van der Waals surface area contributed by atoms with Crippen LogP contribution in [0.1, 0.15) is 52.0 Å². The molecule has 180 valence electrons. The van der Waals surface area contributed by atoms with Gasteiger partial charge >= 0.3 is 0 Å². The van der Waals surface area contributed by atoms with Crippen LogP contribution in [0, 0.1) is 0 Å². The molecule has 0 aliphatic carbocycles. The highest BCUT2D eigenvalue weighted by atomic mass is 79.9. The zero-order valence-corrected chi connectivity index (χ0v) is 22.2. The fraction of sp³-hybridized carbons (Fsp3) is 0.423. The number of benzene rings is 1. The Morgan fingerprint density at radius 1 is 1.30 bits per heavy atom. The first-order valence-electron chi connectivity index (χ1n) is 11.2. The van der Waals surface area contributed by atoms with E-state index in [-0.39, 0.29) is 17.9 Å². The first-order valence-corrected chi connectivity index (χ1v) is 12.3. The highest BCUT2D eigenvalue weighted by molar-refractivity contribution is 9.11. The van der Waals surface area contributed by atoms with Crippen molar-refractivity contribution in [3.05, 3.63) is 70.2 Å². The summed E-state index contributed by atoms with van der Waals surface area (Å²) < 4.78 is 0.831. The maximum absolute atomic E-state index is 12.2. The van der Waals surface area contributed by atoms with Crippen LogP contribution in [0.4, 0.5) is 0 Å². The Morgan fingerprint density at radius 2 is 1.94 bits per heavy atom. The molecular formula is C26H35BrClN3O2. The van der Waals surface area contributed by atoms with Crippen LogP contribution in [0.25, 0.3) is 0 Å².